The third kappa shape index (κ3) is 3.39. The maximum Gasteiger partial charge on any atom is 0.0605 e. The molecule has 0 atom stereocenters. The van der Waals surface area contributed by atoms with E-state index in [-0.39, 0.29) is 0 Å². The Morgan fingerprint density at radius 3 is 2.75 bits per heavy atom. The summed E-state index contributed by atoms with van der Waals surface area (Å²) in [7, 11) is 0. The van der Waals surface area contributed by atoms with E-state index in [0.717, 1.165) is 22.7 Å². The summed E-state index contributed by atoms with van der Waals surface area (Å²) in [4.78, 5) is 4.90. The number of fused-ring (bicyclic) bond motifs is 2. The Morgan fingerprint density at radius 1 is 1.04 bits per heavy atom. The van der Waals surface area contributed by atoms with E-state index in [1.807, 2.05) is 12.1 Å². The number of benzene rings is 2. The first-order chi connectivity index (χ1) is 11.8. The van der Waals surface area contributed by atoms with Crippen molar-refractivity contribution in [2.24, 2.45) is 0 Å². The summed E-state index contributed by atoms with van der Waals surface area (Å²) in [6.07, 6.45) is 4.79. The molecule has 2 aliphatic rings. The van der Waals surface area contributed by atoms with Crippen LogP contribution in [0.5, 0.6) is 0 Å². The lowest BCUT2D eigenvalue weighted by Crippen LogP contribution is -2.18. The maximum atomic E-state index is 6.25. The van der Waals surface area contributed by atoms with Gasteiger partial charge in [0.15, 0.2) is 0 Å². The van der Waals surface area contributed by atoms with Gasteiger partial charge in [0.05, 0.1) is 6.54 Å². The van der Waals surface area contributed by atoms with Gasteiger partial charge >= 0.3 is 0 Å². The van der Waals surface area contributed by atoms with E-state index in [9.17, 15) is 0 Å². The van der Waals surface area contributed by atoms with Gasteiger partial charge < -0.3 is 0 Å². The minimum Gasteiger partial charge on any atom is -0.292 e. The highest BCUT2D eigenvalue weighted by Gasteiger charge is 2.15. The molecule has 0 radical (unpaired) electrons. The molecule has 4 rings (SSSR count). The van der Waals surface area contributed by atoms with Crippen molar-refractivity contribution in [1.29, 1.82) is 0 Å². The fourth-order valence-corrected chi connectivity index (χ4v) is 4.35. The van der Waals surface area contributed by atoms with Gasteiger partial charge in [0.1, 0.15) is 0 Å². The fraction of sp³-hybridized carbons (Fsp3) is 0.238. The number of likely N-dealkylation sites (tertiary alicyclic amines) is 1. The molecule has 2 heterocycles. The van der Waals surface area contributed by atoms with Crippen LogP contribution in [0.15, 0.2) is 52.3 Å². The van der Waals surface area contributed by atoms with Crippen molar-refractivity contribution in [1.82, 2.24) is 4.90 Å². The molecule has 0 saturated carbocycles. The lowest BCUT2D eigenvalue weighted by atomic mass is 10.0. The highest BCUT2D eigenvalue weighted by molar-refractivity contribution is 7.99. The van der Waals surface area contributed by atoms with E-state index in [1.54, 1.807) is 11.8 Å². The van der Waals surface area contributed by atoms with E-state index < -0.39 is 0 Å². The Balaban J connectivity index is 1.73. The zero-order valence-corrected chi connectivity index (χ0v) is 15.0. The molecule has 1 fully saturated rings. The fourth-order valence-electron chi connectivity index (χ4n) is 3.14. The molecule has 24 heavy (non-hydrogen) atoms. The van der Waals surface area contributed by atoms with E-state index in [0.29, 0.717) is 0 Å². The van der Waals surface area contributed by atoms with Crippen LogP contribution < -0.4 is 0 Å². The van der Waals surface area contributed by atoms with Gasteiger partial charge in [-0.15, -0.1) is 0 Å². The van der Waals surface area contributed by atoms with Gasteiger partial charge in [-0.05, 0) is 61.8 Å². The minimum atomic E-state index is 0.757. The summed E-state index contributed by atoms with van der Waals surface area (Å²) >= 11 is 8.04. The van der Waals surface area contributed by atoms with Crippen LogP contribution in [0.1, 0.15) is 24.0 Å². The van der Waals surface area contributed by atoms with Gasteiger partial charge in [-0.3, -0.25) is 4.90 Å². The first kappa shape index (κ1) is 15.8. The van der Waals surface area contributed by atoms with Crippen molar-refractivity contribution in [3.05, 3.63) is 58.6 Å². The molecule has 0 bridgehead atoms. The number of halogens is 1. The summed E-state index contributed by atoms with van der Waals surface area (Å²) in [6.45, 7) is 3.20. The Morgan fingerprint density at radius 2 is 1.88 bits per heavy atom. The molecule has 3 heteroatoms. The molecular formula is C21H18ClNS. The molecule has 0 unspecified atom stereocenters. The van der Waals surface area contributed by atoms with E-state index in [1.165, 1.54) is 41.3 Å². The van der Waals surface area contributed by atoms with E-state index >= 15 is 0 Å². The number of hydrogen-bond donors (Lipinski definition) is 0. The molecule has 2 aromatic rings. The van der Waals surface area contributed by atoms with E-state index in [2.05, 4.69) is 53.1 Å². The second-order valence-electron chi connectivity index (χ2n) is 6.12. The topological polar surface area (TPSA) is 3.24 Å². The molecular weight excluding hydrogens is 334 g/mol. The molecule has 120 valence electrons. The lowest BCUT2D eigenvalue weighted by Gasteiger charge is -2.09. The normalized spacial score (nSPS) is 16.5. The highest BCUT2D eigenvalue weighted by Crippen LogP contribution is 2.41. The summed E-state index contributed by atoms with van der Waals surface area (Å²) in [5.74, 6) is 6.78. The molecule has 0 aliphatic carbocycles. The molecule has 2 aromatic carbocycles. The molecule has 1 nitrogen and oxygen atoms in total. The summed E-state index contributed by atoms with van der Waals surface area (Å²) in [6, 6.07) is 14.6. The summed E-state index contributed by atoms with van der Waals surface area (Å²) < 4.78 is 0. The molecule has 0 N–H and O–H groups in total. The second-order valence-corrected chi connectivity index (χ2v) is 7.64. The quantitative estimate of drug-likeness (QED) is 0.629. The Bertz CT molecular complexity index is 854. The lowest BCUT2D eigenvalue weighted by molar-refractivity contribution is 0.383. The van der Waals surface area contributed by atoms with Gasteiger partial charge in [0.2, 0.25) is 0 Å². The van der Waals surface area contributed by atoms with Crippen molar-refractivity contribution in [2.75, 3.05) is 19.6 Å². The average molecular weight is 352 g/mol. The maximum absolute atomic E-state index is 6.25. The van der Waals surface area contributed by atoms with Crippen LogP contribution in [0.3, 0.4) is 0 Å². The van der Waals surface area contributed by atoms with Crippen LogP contribution in [0, 0.1) is 11.8 Å². The van der Waals surface area contributed by atoms with Crippen molar-refractivity contribution < 1.29 is 0 Å². The number of hydrogen-bond acceptors (Lipinski definition) is 2. The van der Waals surface area contributed by atoms with Crippen LogP contribution in [0.25, 0.3) is 11.6 Å². The third-order valence-corrected chi connectivity index (χ3v) is 5.80. The Kier molecular flexibility index (Phi) is 4.67. The van der Waals surface area contributed by atoms with Gasteiger partial charge in [-0.2, -0.15) is 0 Å². The average Bonchev–Trinajstić information content (AvgIpc) is 3.05. The van der Waals surface area contributed by atoms with Crippen molar-refractivity contribution in [3.8, 4) is 11.8 Å². The zero-order valence-electron chi connectivity index (χ0n) is 13.4. The van der Waals surface area contributed by atoms with Crippen LogP contribution in [-0.4, -0.2) is 24.5 Å². The van der Waals surface area contributed by atoms with Gasteiger partial charge in [0.25, 0.3) is 0 Å². The predicted octanol–water partition coefficient (Wildman–Crippen LogP) is 5.44. The molecule has 0 spiro atoms. The number of allylic oxidation sites excluding steroid dienone is 1. The SMILES string of the molecule is Clc1ccc2c(c1)C(C#CCN1CCCC1)=Cc1ccccc1S2. The third-order valence-electron chi connectivity index (χ3n) is 4.39. The summed E-state index contributed by atoms with van der Waals surface area (Å²) in [5, 5.41) is 0.757. The smallest absolute Gasteiger partial charge is 0.0605 e. The highest BCUT2D eigenvalue weighted by atomic mass is 35.5. The monoisotopic (exact) mass is 351 g/mol. The first-order valence-electron chi connectivity index (χ1n) is 8.29. The number of rotatable bonds is 1. The first-order valence-corrected chi connectivity index (χ1v) is 9.49. The van der Waals surface area contributed by atoms with E-state index in [4.69, 9.17) is 11.6 Å². The van der Waals surface area contributed by atoms with Crippen LogP contribution in [0.2, 0.25) is 5.02 Å². The molecule has 1 saturated heterocycles. The van der Waals surface area contributed by atoms with Gasteiger partial charge in [-0.1, -0.05) is 53.4 Å². The van der Waals surface area contributed by atoms with Gasteiger partial charge in [0, 0.05) is 26.0 Å². The van der Waals surface area contributed by atoms with Crippen LogP contribution in [0.4, 0.5) is 0 Å². The zero-order chi connectivity index (χ0) is 16.4. The second kappa shape index (κ2) is 7.07. The Labute approximate surface area is 152 Å². The largest absolute Gasteiger partial charge is 0.292 e. The molecule has 0 aromatic heterocycles. The van der Waals surface area contributed by atoms with Crippen LogP contribution in [-0.2, 0) is 0 Å². The van der Waals surface area contributed by atoms with Gasteiger partial charge in [-0.25, -0.2) is 0 Å². The minimum absolute atomic E-state index is 0.757. The predicted molar refractivity (Wildman–Crippen MR) is 103 cm³/mol. The number of nitrogens with zero attached hydrogens (tertiary/aromatic N) is 1. The van der Waals surface area contributed by atoms with Crippen molar-refractivity contribution in [2.45, 2.75) is 22.6 Å². The van der Waals surface area contributed by atoms with Crippen molar-refractivity contribution >= 4 is 35.0 Å². The molecule has 2 aliphatic heterocycles. The molecule has 0 amide bonds. The van der Waals surface area contributed by atoms with Crippen LogP contribution >= 0.6 is 23.4 Å². The standard InChI is InChI=1S/C21H18ClNS/c22-18-9-10-21-19(15-18)16(7-5-13-23-11-3-4-12-23)14-17-6-1-2-8-20(17)24-21/h1-2,6,8-10,14-15H,3-4,11-13H2. The Hall–Kier alpha value is -1.66. The summed E-state index contributed by atoms with van der Waals surface area (Å²) in [5.41, 5.74) is 3.42. The van der Waals surface area contributed by atoms with Crippen molar-refractivity contribution in [3.63, 3.8) is 0 Å².